The molecule has 0 heterocycles. The van der Waals surface area contributed by atoms with Crippen molar-refractivity contribution in [3.05, 3.63) is 29.8 Å². The van der Waals surface area contributed by atoms with Gasteiger partial charge in [0.1, 0.15) is 0 Å². The number of benzene rings is 1. The number of rotatable bonds is 2. The molecule has 1 rings (SSSR count). The minimum Gasteiger partial charge on any atom is -0.504 e. The molecule has 0 atom stereocenters. The van der Waals surface area contributed by atoms with E-state index < -0.39 is 0 Å². The van der Waals surface area contributed by atoms with Crippen molar-refractivity contribution in [3.8, 4) is 11.5 Å². The average Bonchev–Trinajstić information content (AvgIpc) is 2.09. The number of phenolic OH excluding ortho intramolecular Hbond substituents is 1. The summed E-state index contributed by atoms with van der Waals surface area (Å²) >= 11 is 0. The fourth-order valence-electron chi connectivity index (χ4n) is 0.990. The molecule has 0 fully saturated rings. The van der Waals surface area contributed by atoms with Gasteiger partial charge in [-0.3, -0.25) is 0 Å². The maximum atomic E-state index is 9.25. The summed E-state index contributed by atoms with van der Waals surface area (Å²) in [5.74, 6) is 0.677. The molecular formula is C10H12O2Zn. The van der Waals surface area contributed by atoms with Crippen LogP contribution in [0, 0.1) is 0 Å². The number of allylic oxidation sites excluding steroid dienone is 1. The zero-order valence-electron chi connectivity index (χ0n) is 7.95. The van der Waals surface area contributed by atoms with Gasteiger partial charge in [-0.2, -0.15) is 0 Å². The second-order valence-corrected chi connectivity index (χ2v) is 2.43. The predicted molar refractivity (Wildman–Crippen MR) is 49.4 cm³/mol. The normalized spacial score (nSPS) is 9.69. The monoisotopic (exact) mass is 228 g/mol. The smallest absolute Gasteiger partial charge is 0.161 e. The van der Waals surface area contributed by atoms with Crippen molar-refractivity contribution < 1.29 is 29.3 Å². The van der Waals surface area contributed by atoms with Crippen molar-refractivity contribution in [2.24, 2.45) is 0 Å². The molecule has 0 amide bonds. The predicted octanol–water partition coefficient (Wildman–Crippen LogP) is 2.43. The molecule has 0 aromatic heterocycles. The van der Waals surface area contributed by atoms with Crippen molar-refractivity contribution in [2.75, 3.05) is 7.11 Å². The molecule has 13 heavy (non-hydrogen) atoms. The summed E-state index contributed by atoms with van der Waals surface area (Å²) in [6, 6.07) is 5.24. The molecule has 0 saturated heterocycles. The Bertz CT molecular complexity index is 295. The zero-order chi connectivity index (χ0) is 8.97. The van der Waals surface area contributed by atoms with Gasteiger partial charge in [0.25, 0.3) is 0 Å². The summed E-state index contributed by atoms with van der Waals surface area (Å²) in [4.78, 5) is 0. The number of ether oxygens (including phenoxy) is 1. The summed E-state index contributed by atoms with van der Waals surface area (Å²) in [6.45, 7) is 1.94. The fourth-order valence-corrected chi connectivity index (χ4v) is 0.990. The molecule has 2 nitrogen and oxygen atoms in total. The van der Waals surface area contributed by atoms with E-state index in [0.717, 1.165) is 5.56 Å². The maximum absolute atomic E-state index is 9.25. The van der Waals surface area contributed by atoms with Crippen LogP contribution in [0.1, 0.15) is 12.5 Å². The van der Waals surface area contributed by atoms with Crippen LogP contribution in [0.5, 0.6) is 11.5 Å². The molecule has 0 radical (unpaired) electrons. The summed E-state index contributed by atoms with van der Waals surface area (Å²) < 4.78 is 4.95. The van der Waals surface area contributed by atoms with E-state index in [-0.39, 0.29) is 25.2 Å². The van der Waals surface area contributed by atoms with Crippen molar-refractivity contribution in [1.82, 2.24) is 0 Å². The number of phenols is 1. The largest absolute Gasteiger partial charge is 0.504 e. The topological polar surface area (TPSA) is 29.5 Å². The van der Waals surface area contributed by atoms with Gasteiger partial charge >= 0.3 is 0 Å². The quantitative estimate of drug-likeness (QED) is 0.790. The van der Waals surface area contributed by atoms with Crippen molar-refractivity contribution in [1.29, 1.82) is 0 Å². The first-order chi connectivity index (χ1) is 5.77. The van der Waals surface area contributed by atoms with Crippen LogP contribution in [0.4, 0.5) is 0 Å². The number of methoxy groups -OCH3 is 1. The molecule has 0 bridgehead atoms. The summed E-state index contributed by atoms with van der Waals surface area (Å²) in [6.07, 6.45) is 3.88. The number of aromatic hydroxyl groups is 1. The number of hydrogen-bond donors (Lipinski definition) is 1. The second kappa shape index (κ2) is 5.76. The Kier molecular flexibility index (Phi) is 5.40. The summed E-state index contributed by atoms with van der Waals surface area (Å²) in [5.41, 5.74) is 1.02. The standard InChI is InChI=1S/C10H12O2.Zn/c1-3-4-8-5-6-9(11)10(7-8)12-2;/h3-7,11H,1-2H3;/b4-3+;. The zero-order valence-corrected chi connectivity index (χ0v) is 10.9. The van der Waals surface area contributed by atoms with Crippen LogP contribution in [-0.2, 0) is 19.5 Å². The van der Waals surface area contributed by atoms with Crippen molar-refractivity contribution in [2.45, 2.75) is 6.92 Å². The third kappa shape index (κ3) is 3.19. The van der Waals surface area contributed by atoms with Gasteiger partial charge in [-0.1, -0.05) is 18.2 Å². The van der Waals surface area contributed by atoms with E-state index in [1.165, 1.54) is 7.11 Å². The van der Waals surface area contributed by atoms with E-state index in [1.807, 2.05) is 25.1 Å². The van der Waals surface area contributed by atoms with Crippen LogP contribution < -0.4 is 4.74 Å². The van der Waals surface area contributed by atoms with E-state index >= 15 is 0 Å². The summed E-state index contributed by atoms with van der Waals surface area (Å²) in [5, 5.41) is 9.25. The maximum Gasteiger partial charge on any atom is 0.161 e. The Hall–Kier alpha value is -0.817. The van der Waals surface area contributed by atoms with Crippen molar-refractivity contribution >= 4 is 6.08 Å². The molecule has 0 aliphatic carbocycles. The van der Waals surface area contributed by atoms with Crippen LogP contribution in [0.15, 0.2) is 24.3 Å². The Labute approximate surface area is 91.0 Å². The summed E-state index contributed by atoms with van der Waals surface area (Å²) in [7, 11) is 1.54. The molecule has 0 unspecified atom stereocenters. The van der Waals surface area contributed by atoms with Gasteiger partial charge in [-0.05, 0) is 24.6 Å². The molecule has 1 aromatic rings. The average molecular weight is 230 g/mol. The van der Waals surface area contributed by atoms with Gasteiger partial charge in [0.2, 0.25) is 0 Å². The van der Waals surface area contributed by atoms with E-state index in [4.69, 9.17) is 4.74 Å². The second-order valence-electron chi connectivity index (χ2n) is 2.43. The molecule has 0 aliphatic heterocycles. The SMILES string of the molecule is C/C=C/c1ccc(O)c(OC)c1.[Zn]. The van der Waals surface area contributed by atoms with Crippen LogP contribution in [0.3, 0.4) is 0 Å². The van der Waals surface area contributed by atoms with Crippen LogP contribution in [0.25, 0.3) is 6.08 Å². The third-order valence-electron chi connectivity index (χ3n) is 1.56. The molecule has 0 aliphatic rings. The van der Waals surface area contributed by atoms with E-state index in [0.29, 0.717) is 5.75 Å². The fraction of sp³-hybridized carbons (Fsp3) is 0.200. The molecular weight excluding hydrogens is 217 g/mol. The third-order valence-corrected chi connectivity index (χ3v) is 1.56. The van der Waals surface area contributed by atoms with Gasteiger partial charge in [0.15, 0.2) is 11.5 Å². The molecule has 66 valence electrons. The van der Waals surface area contributed by atoms with E-state index in [1.54, 1.807) is 12.1 Å². The minimum absolute atomic E-state index is 0. The molecule has 3 heteroatoms. The van der Waals surface area contributed by atoms with Gasteiger partial charge in [0.05, 0.1) is 7.11 Å². The van der Waals surface area contributed by atoms with Crippen LogP contribution >= 0.6 is 0 Å². The Morgan fingerprint density at radius 1 is 1.38 bits per heavy atom. The minimum atomic E-state index is 0. The first-order valence-corrected chi connectivity index (χ1v) is 3.77. The van der Waals surface area contributed by atoms with E-state index in [2.05, 4.69) is 0 Å². The van der Waals surface area contributed by atoms with Crippen molar-refractivity contribution in [3.63, 3.8) is 0 Å². The molecule has 0 saturated carbocycles. The van der Waals surface area contributed by atoms with Gasteiger partial charge in [-0.15, -0.1) is 0 Å². The Balaban J connectivity index is 0.00000144. The van der Waals surface area contributed by atoms with Gasteiger partial charge in [-0.25, -0.2) is 0 Å². The first-order valence-electron chi connectivity index (χ1n) is 3.77. The van der Waals surface area contributed by atoms with E-state index in [9.17, 15) is 5.11 Å². The van der Waals surface area contributed by atoms with Gasteiger partial charge < -0.3 is 9.84 Å². The number of hydrogen-bond acceptors (Lipinski definition) is 2. The van der Waals surface area contributed by atoms with Gasteiger partial charge in [0, 0.05) is 19.5 Å². The Morgan fingerprint density at radius 2 is 2.08 bits per heavy atom. The first kappa shape index (κ1) is 12.2. The molecule has 1 aromatic carbocycles. The van der Waals surface area contributed by atoms with Crippen LogP contribution in [-0.4, -0.2) is 12.2 Å². The molecule has 0 spiro atoms. The van der Waals surface area contributed by atoms with Crippen LogP contribution in [0.2, 0.25) is 0 Å². The molecule has 1 N–H and O–H groups in total. The Morgan fingerprint density at radius 3 is 2.62 bits per heavy atom.